The van der Waals surface area contributed by atoms with E-state index in [1.165, 1.54) is 5.56 Å². The molecule has 0 saturated carbocycles. The van der Waals surface area contributed by atoms with E-state index >= 15 is 0 Å². The van der Waals surface area contributed by atoms with Gasteiger partial charge in [-0.15, -0.1) is 11.8 Å². The molecule has 0 fully saturated rings. The minimum Gasteiger partial charge on any atom is -0.477 e. The summed E-state index contributed by atoms with van der Waals surface area (Å²) in [5.74, 6) is 1.18. The van der Waals surface area contributed by atoms with E-state index in [4.69, 9.17) is 9.47 Å². The largest absolute Gasteiger partial charge is 0.477 e. The van der Waals surface area contributed by atoms with Gasteiger partial charge < -0.3 is 14.0 Å². The van der Waals surface area contributed by atoms with Gasteiger partial charge in [0.25, 0.3) is 0 Å². The van der Waals surface area contributed by atoms with E-state index < -0.39 is 0 Å². The maximum Gasteiger partial charge on any atom is 0.340 e. The first kappa shape index (κ1) is 24.0. The molecule has 0 saturated heterocycles. The first-order chi connectivity index (χ1) is 17.1. The Morgan fingerprint density at radius 1 is 1.11 bits per heavy atom. The highest BCUT2D eigenvalue weighted by Gasteiger charge is 2.30. The molecule has 1 aliphatic heterocycles. The lowest BCUT2D eigenvalue weighted by Crippen LogP contribution is -2.32. The van der Waals surface area contributed by atoms with Crippen LogP contribution in [0.15, 0.2) is 76.1 Å². The van der Waals surface area contributed by atoms with Crippen LogP contribution in [0.1, 0.15) is 34.1 Å². The third-order valence-corrected chi connectivity index (χ3v) is 7.85. The lowest BCUT2D eigenvalue weighted by Gasteiger charge is -2.30. The summed E-state index contributed by atoms with van der Waals surface area (Å²) in [5, 5.41) is 0.922. The van der Waals surface area contributed by atoms with Crippen LogP contribution in [0.25, 0.3) is 10.9 Å². The molecule has 0 unspecified atom stereocenters. The fourth-order valence-corrected chi connectivity index (χ4v) is 6.17. The number of carbonyl (C=O) groups is 1. The van der Waals surface area contributed by atoms with E-state index in [0.29, 0.717) is 31.2 Å². The number of fused-ring (bicyclic) bond motifs is 3. The third kappa shape index (κ3) is 4.85. The maximum absolute atomic E-state index is 13.3. The van der Waals surface area contributed by atoms with Gasteiger partial charge in [0.2, 0.25) is 0 Å². The van der Waals surface area contributed by atoms with E-state index in [1.54, 1.807) is 11.8 Å². The summed E-state index contributed by atoms with van der Waals surface area (Å²) in [6, 6.07) is 22.7. The Kier molecular flexibility index (Phi) is 7.18. The molecule has 0 N–H and O–H groups in total. The van der Waals surface area contributed by atoms with Crippen molar-refractivity contribution >= 4 is 44.6 Å². The highest BCUT2D eigenvalue weighted by Crippen LogP contribution is 2.43. The Bertz CT molecular complexity index is 1360. The van der Waals surface area contributed by atoms with Gasteiger partial charge in [-0.25, -0.2) is 4.79 Å². The van der Waals surface area contributed by atoms with Crippen molar-refractivity contribution in [3.8, 4) is 5.75 Å². The Labute approximate surface area is 218 Å². The third-order valence-electron chi connectivity index (χ3n) is 6.24. The Hall–Kier alpha value is -2.74. The average molecular weight is 552 g/mol. The summed E-state index contributed by atoms with van der Waals surface area (Å²) in [4.78, 5) is 16.8. The van der Waals surface area contributed by atoms with Crippen LogP contribution in [-0.4, -0.2) is 28.8 Å². The Morgan fingerprint density at radius 3 is 2.54 bits per heavy atom. The number of aryl methyl sites for hydroxylation is 1. The van der Waals surface area contributed by atoms with Crippen LogP contribution < -0.4 is 4.74 Å². The molecule has 4 aromatic rings. The number of nitrogens with zero attached hydrogens (tertiary/aromatic N) is 2. The highest BCUT2D eigenvalue weighted by molar-refractivity contribution is 9.10. The van der Waals surface area contributed by atoms with Crippen LogP contribution >= 0.6 is 27.7 Å². The molecule has 5 rings (SSSR count). The first-order valence-corrected chi connectivity index (χ1v) is 13.4. The first-order valence-electron chi connectivity index (χ1n) is 11.6. The van der Waals surface area contributed by atoms with Gasteiger partial charge in [-0.2, -0.15) is 0 Å². The average Bonchev–Trinajstić information content (AvgIpc) is 3.16. The number of aromatic nitrogens is 1. The zero-order chi connectivity index (χ0) is 24.4. The van der Waals surface area contributed by atoms with Crippen molar-refractivity contribution in [2.75, 3.05) is 13.3 Å². The summed E-state index contributed by atoms with van der Waals surface area (Å²) in [6.07, 6.45) is 0. The van der Waals surface area contributed by atoms with Crippen LogP contribution in [0.5, 0.6) is 5.75 Å². The molecule has 0 atom stereocenters. The van der Waals surface area contributed by atoms with Crippen LogP contribution in [-0.2, 0) is 30.6 Å². The molecule has 0 radical (unpaired) electrons. The number of thioether (sulfide) groups is 1. The fourth-order valence-electron chi connectivity index (χ4n) is 4.61. The van der Waals surface area contributed by atoms with Gasteiger partial charge in [0.05, 0.1) is 22.2 Å². The summed E-state index contributed by atoms with van der Waals surface area (Å²) in [7, 11) is 2.02. The van der Waals surface area contributed by atoms with Crippen molar-refractivity contribution in [1.82, 2.24) is 9.47 Å². The minimum atomic E-state index is -0.286. The molecular weight excluding hydrogens is 524 g/mol. The van der Waals surface area contributed by atoms with Crippen LogP contribution in [0.4, 0.5) is 0 Å². The zero-order valence-electron chi connectivity index (χ0n) is 19.8. The molecule has 1 aliphatic rings. The van der Waals surface area contributed by atoms with Crippen molar-refractivity contribution in [2.45, 2.75) is 30.7 Å². The Balaban J connectivity index is 1.60. The standard InChI is InChI=1S/C28H27BrN2O3S/c1-3-33-28(32)26-24(17-35-20-12-8-5-9-13-20)30(2)23-14-22(29)27-21(25(23)26)16-31(18-34-27)15-19-10-6-4-7-11-19/h4-14H,3,15-18H2,1-2H3. The van der Waals surface area contributed by atoms with Gasteiger partial charge in [0, 0.05) is 47.4 Å². The molecule has 35 heavy (non-hydrogen) atoms. The normalized spacial score (nSPS) is 13.5. The summed E-state index contributed by atoms with van der Waals surface area (Å²) < 4.78 is 14.8. The van der Waals surface area contributed by atoms with Crippen molar-refractivity contribution in [2.24, 2.45) is 7.05 Å². The van der Waals surface area contributed by atoms with E-state index in [1.807, 2.05) is 38.2 Å². The van der Waals surface area contributed by atoms with Gasteiger partial charge in [-0.3, -0.25) is 4.90 Å². The van der Waals surface area contributed by atoms with Crippen LogP contribution in [0.3, 0.4) is 0 Å². The van der Waals surface area contributed by atoms with E-state index in [9.17, 15) is 4.79 Å². The van der Waals surface area contributed by atoms with Crippen LogP contribution in [0.2, 0.25) is 0 Å². The number of esters is 1. The van der Waals surface area contributed by atoms with Gasteiger partial charge >= 0.3 is 5.97 Å². The van der Waals surface area contributed by atoms with Gasteiger partial charge in [0.1, 0.15) is 12.5 Å². The predicted octanol–water partition coefficient (Wildman–Crippen LogP) is 6.76. The monoisotopic (exact) mass is 550 g/mol. The maximum atomic E-state index is 13.3. The molecule has 2 heterocycles. The second-order valence-corrected chi connectivity index (χ2v) is 10.4. The Morgan fingerprint density at radius 2 is 1.83 bits per heavy atom. The lowest BCUT2D eigenvalue weighted by molar-refractivity contribution is 0.0527. The topological polar surface area (TPSA) is 43.7 Å². The summed E-state index contributed by atoms with van der Waals surface area (Å²) in [5.41, 5.74) is 4.83. The highest BCUT2D eigenvalue weighted by atomic mass is 79.9. The molecule has 7 heteroatoms. The smallest absolute Gasteiger partial charge is 0.340 e. The van der Waals surface area contributed by atoms with Gasteiger partial charge in [0.15, 0.2) is 0 Å². The van der Waals surface area contributed by atoms with Crippen LogP contribution in [0, 0.1) is 0 Å². The van der Waals surface area contributed by atoms with E-state index in [0.717, 1.165) is 43.8 Å². The number of hydrogen-bond donors (Lipinski definition) is 0. The van der Waals surface area contributed by atoms with Gasteiger partial charge in [-0.1, -0.05) is 48.5 Å². The fraction of sp³-hybridized carbons (Fsp3) is 0.250. The van der Waals surface area contributed by atoms with E-state index in [2.05, 4.69) is 67.9 Å². The SMILES string of the molecule is CCOC(=O)c1c(CSc2ccccc2)n(C)c2cc(Br)c3c(c12)CN(Cc1ccccc1)CO3. The zero-order valence-corrected chi connectivity index (χ0v) is 22.2. The summed E-state index contributed by atoms with van der Waals surface area (Å²) >= 11 is 5.44. The second kappa shape index (κ2) is 10.5. The molecule has 5 nitrogen and oxygen atoms in total. The number of rotatable bonds is 7. The number of benzene rings is 3. The minimum absolute atomic E-state index is 0.286. The van der Waals surface area contributed by atoms with Crippen molar-refractivity contribution < 1.29 is 14.3 Å². The molecule has 1 aromatic heterocycles. The quantitative estimate of drug-likeness (QED) is 0.188. The molecule has 0 amide bonds. The molecule has 0 bridgehead atoms. The molecule has 3 aromatic carbocycles. The molecule has 0 aliphatic carbocycles. The van der Waals surface area contributed by atoms with Crippen molar-refractivity contribution in [3.05, 3.63) is 93.6 Å². The van der Waals surface area contributed by atoms with E-state index in [-0.39, 0.29) is 5.97 Å². The van der Waals surface area contributed by atoms with Crippen molar-refractivity contribution in [3.63, 3.8) is 0 Å². The number of halogens is 1. The molecular formula is C28H27BrN2O3S. The lowest BCUT2D eigenvalue weighted by atomic mass is 10.0. The number of hydrogen-bond acceptors (Lipinski definition) is 5. The molecule has 180 valence electrons. The predicted molar refractivity (Wildman–Crippen MR) is 144 cm³/mol. The van der Waals surface area contributed by atoms with Gasteiger partial charge in [-0.05, 0) is 46.6 Å². The molecule has 0 spiro atoms. The number of ether oxygens (including phenoxy) is 2. The van der Waals surface area contributed by atoms with Crippen molar-refractivity contribution in [1.29, 1.82) is 0 Å². The number of carbonyl (C=O) groups excluding carboxylic acids is 1. The summed E-state index contributed by atoms with van der Waals surface area (Å²) in [6.45, 7) is 4.12. The second-order valence-electron chi connectivity index (χ2n) is 8.51.